The van der Waals surface area contributed by atoms with Crippen LogP contribution in [0.15, 0.2) is 47.6 Å². The zero-order valence-corrected chi connectivity index (χ0v) is 10.6. The SMILES string of the molecule is COc1ccc(-c2ccc(C(=O)O)c(N=[N+]=[N-])c2)cc1. The van der Waals surface area contributed by atoms with Crippen LogP contribution < -0.4 is 4.74 Å². The molecular weight excluding hydrogens is 258 g/mol. The number of carboxylic acids is 1. The second-order valence-electron chi connectivity index (χ2n) is 3.96. The Bertz CT molecular complexity index is 689. The van der Waals surface area contributed by atoms with E-state index in [0.717, 1.165) is 16.9 Å². The van der Waals surface area contributed by atoms with E-state index in [4.69, 9.17) is 15.4 Å². The second-order valence-corrected chi connectivity index (χ2v) is 3.96. The number of aromatic carboxylic acids is 1. The molecule has 0 heterocycles. The van der Waals surface area contributed by atoms with E-state index in [2.05, 4.69) is 10.0 Å². The van der Waals surface area contributed by atoms with Crippen molar-refractivity contribution in [1.29, 1.82) is 0 Å². The van der Waals surface area contributed by atoms with Crippen LogP contribution in [0.25, 0.3) is 21.6 Å². The third-order valence-electron chi connectivity index (χ3n) is 2.80. The van der Waals surface area contributed by atoms with Crippen molar-refractivity contribution in [3.05, 3.63) is 58.5 Å². The zero-order chi connectivity index (χ0) is 14.5. The predicted molar refractivity (Wildman–Crippen MR) is 74.2 cm³/mol. The first-order valence-electron chi connectivity index (χ1n) is 5.72. The maximum atomic E-state index is 11.0. The second kappa shape index (κ2) is 5.77. The number of hydrogen-bond acceptors (Lipinski definition) is 3. The minimum Gasteiger partial charge on any atom is -0.497 e. The number of rotatable bonds is 4. The summed E-state index contributed by atoms with van der Waals surface area (Å²) in [6, 6.07) is 11.9. The quantitative estimate of drug-likeness (QED) is 0.516. The first-order valence-corrected chi connectivity index (χ1v) is 5.72. The lowest BCUT2D eigenvalue weighted by Gasteiger charge is -2.06. The molecule has 0 atom stereocenters. The number of azide groups is 1. The molecule has 2 rings (SSSR count). The summed E-state index contributed by atoms with van der Waals surface area (Å²) in [6.45, 7) is 0. The Labute approximate surface area is 114 Å². The van der Waals surface area contributed by atoms with Crippen LogP contribution in [-0.2, 0) is 0 Å². The molecule has 0 radical (unpaired) electrons. The van der Waals surface area contributed by atoms with Crippen LogP contribution in [-0.4, -0.2) is 18.2 Å². The highest BCUT2D eigenvalue weighted by atomic mass is 16.5. The summed E-state index contributed by atoms with van der Waals surface area (Å²) in [5.41, 5.74) is 10.2. The van der Waals surface area contributed by atoms with Crippen molar-refractivity contribution in [3.63, 3.8) is 0 Å². The highest BCUT2D eigenvalue weighted by Crippen LogP contribution is 2.29. The summed E-state index contributed by atoms with van der Waals surface area (Å²) in [4.78, 5) is 13.7. The Morgan fingerprint density at radius 3 is 2.40 bits per heavy atom. The van der Waals surface area contributed by atoms with E-state index < -0.39 is 5.97 Å². The number of nitrogens with zero attached hydrogens (tertiary/aromatic N) is 3. The molecule has 0 spiro atoms. The summed E-state index contributed by atoms with van der Waals surface area (Å²) in [5, 5.41) is 12.4. The molecule has 6 nitrogen and oxygen atoms in total. The van der Waals surface area contributed by atoms with Crippen LogP contribution in [0.1, 0.15) is 10.4 Å². The summed E-state index contributed by atoms with van der Waals surface area (Å²) in [6.07, 6.45) is 0. The van der Waals surface area contributed by atoms with E-state index in [1.807, 2.05) is 12.1 Å². The number of hydrogen-bond donors (Lipinski definition) is 1. The van der Waals surface area contributed by atoms with Crippen molar-refractivity contribution in [1.82, 2.24) is 0 Å². The molecule has 100 valence electrons. The Balaban J connectivity index is 2.49. The molecule has 6 heteroatoms. The van der Waals surface area contributed by atoms with Crippen LogP contribution >= 0.6 is 0 Å². The van der Waals surface area contributed by atoms with Crippen molar-refractivity contribution in [2.24, 2.45) is 5.11 Å². The Hall–Kier alpha value is -2.98. The summed E-state index contributed by atoms with van der Waals surface area (Å²) < 4.78 is 5.07. The van der Waals surface area contributed by atoms with Gasteiger partial charge in [-0.05, 0) is 40.9 Å². The lowest BCUT2D eigenvalue weighted by molar-refractivity contribution is 0.0698. The number of carbonyl (C=O) groups is 1. The number of benzene rings is 2. The molecule has 0 bridgehead atoms. The zero-order valence-electron chi connectivity index (χ0n) is 10.6. The van der Waals surface area contributed by atoms with Crippen LogP contribution in [0.5, 0.6) is 5.75 Å². The molecule has 0 saturated carbocycles. The number of carboxylic acid groups (broad SMARTS) is 1. The highest BCUT2D eigenvalue weighted by Gasteiger charge is 2.10. The first kappa shape index (κ1) is 13.5. The average Bonchev–Trinajstić information content (AvgIpc) is 2.47. The van der Waals surface area contributed by atoms with E-state index >= 15 is 0 Å². The average molecular weight is 269 g/mol. The van der Waals surface area contributed by atoms with Gasteiger partial charge in [0.15, 0.2) is 0 Å². The third-order valence-corrected chi connectivity index (χ3v) is 2.80. The summed E-state index contributed by atoms with van der Waals surface area (Å²) >= 11 is 0. The molecule has 0 aliphatic carbocycles. The molecule has 2 aromatic carbocycles. The highest BCUT2D eigenvalue weighted by molar-refractivity contribution is 5.94. The first-order chi connectivity index (χ1) is 9.65. The predicted octanol–water partition coefficient (Wildman–Crippen LogP) is 4.00. The molecule has 0 aliphatic rings. The smallest absolute Gasteiger partial charge is 0.336 e. The lowest BCUT2D eigenvalue weighted by Crippen LogP contribution is -1.96. The summed E-state index contributed by atoms with van der Waals surface area (Å²) in [7, 11) is 1.58. The van der Waals surface area contributed by atoms with Gasteiger partial charge < -0.3 is 9.84 Å². The van der Waals surface area contributed by atoms with Crippen molar-refractivity contribution < 1.29 is 14.6 Å². The van der Waals surface area contributed by atoms with Gasteiger partial charge in [-0.25, -0.2) is 4.79 Å². The van der Waals surface area contributed by atoms with E-state index in [0.29, 0.717) is 0 Å². The minimum absolute atomic E-state index is 0.0277. The third kappa shape index (κ3) is 2.71. The Morgan fingerprint density at radius 2 is 1.85 bits per heavy atom. The normalized spacial score (nSPS) is 9.65. The molecule has 1 N–H and O–H groups in total. The van der Waals surface area contributed by atoms with Crippen LogP contribution in [0.3, 0.4) is 0 Å². The van der Waals surface area contributed by atoms with E-state index in [-0.39, 0.29) is 11.3 Å². The van der Waals surface area contributed by atoms with Crippen molar-refractivity contribution >= 4 is 11.7 Å². The van der Waals surface area contributed by atoms with Gasteiger partial charge in [-0.15, -0.1) is 0 Å². The Morgan fingerprint density at radius 1 is 1.20 bits per heavy atom. The van der Waals surface area contributed by atoms with Gasteiger partial charge in [0.25, 0.3) is 0 Å². The monoisotopic (exact) mass is 269 g/mol. The van der Waals surface area contributed by atoms with E-state index in [1.54, 1.807) is 31.4 Å². The minimum atomic E-state index is -1.13. The van der Waals surface area contributed by atoms with Crippen molar-refractivity contribution in [2.75, 3.05) is 7.11 Å². The fourth-order valence-corrected chi connectivity index (χ4v) is 1.81. The van der Waals surface area contributed by atoms with Crippen molar-refractivity contribution in [2.45, 2.75) is 0 Å². The van der Waals surface area contributed by atoms with Gasteiger partial charge in [-0.1, -0.05) is 23.3 Å². The molecule has 2 aromatic rings. The molecule has 0 aliphatic heterocycles. The molecular formula is C14H11N3O3. The standard InChI is InChI=1S/C14H11N3O3/c1-20-11-5-2-9(3-6-11)10-4-7-12(14(18)19)13(8-10)16-17-15/h2-8H,1H3,(H,18,19). The van der Waals surface area contributed by atoms with Crippen molar-refractivity contribution in [3.8, 4) is 16.9 Å². The van der Waals surface area contributed by atoms with E-state index in [1.165, 1.54) is 6.07 Å². The molecule has 0 fully saturated rings. The van der Waals surface area contributed by atoms with Crippen LogP contribution in [0.4, 0.5) is 5.69 Å². The van der Waals surface area contributed by atoms with Gasteiger partial charge in [0.1, 0.15) is 5.75 Å². The summed E-state index contributed by atoms with van der Waals surface area (Å²) in [5.74, 6) is -0.403. The largest absolute Gasteiger partial charge is 0.497 e. The maximum Gasteiger partial charge on any atom is 0.336 e. The maximum absolute atomic E-state index is 11.0. The van der Waals surface area contributed by atoms with Crippen LogP contribution in [0.2, 0.25) is 0 Å². The lowest BCUT2D eigenvalue weighted by atomic mass is 10.0. The van der Waals surface area contributed by atoms with Crippen LogP contribution in [0, 0.1) is 0 Å². The molecule has 0 unspecified atom stereocenters. The molecule has 20 heavy (non-hydrogen) atoms. The van der Waals surface area contributed by atoms with Gasteiger partial charge in [0.2, 0.25) is 0 Å². The van der Waals surface area contributed by atoms with Gasteiger partial charge in [0.05, 0.1) is 18.4 Å². The van der Waals surface area contributed by atoms with Gasteiger partial charge in [-0.3, -0.25) is 0 Å². The van der Waals surface area contributed by atoms with Gasteiger partial charge >= 0.3 is 5.97 Å². The van der Waals surface area contributed by atoms with Gasteiger partial charge in [0, 0.05) is 4.91 Å². The molecule has 0 saturated heterocycles. The molecule has 0 amide bonds. The Kier molecular flexibility index (Phi) is 3.88. The number of methoxy groups -OCH3 is 1. The molecule has 0 aromatic heterocycles. The fourth-order valence-electron chi connectivity index (χ4n) is 1.81. The number of ether oxygens (including phenoxy) is 1. The van der Waals surface area contributed by atoms with E-state index in [9.17, 15) is 4.79 Å². The van der Waals surface area contributed by atoms with Gasteiger partial charge in [-0.2, -0.15) is 0 Å². The topological polar surface area (TPSA) is 95.3 Å². The fraction of sp³-hybridized carbons (Fsp3) is 0.0714.